The first kappa shape index (κ1) is 6.62. The summed E-state index contributed by atoms with van der Waals surface area (Å²) in [6.45, 7) is 5.38. The molecule has 1 unspecified atom stereocenters. The molecule has 10 heavy (non-hydrogen) atoms. The van der Waals surface area contributed by atoms with Gasteiger partial charge >= 0.3 is 0 Å². The van der Waals surface area contributed by atoms with Gasteiger partial charge in [0, 0.05) is 0 Å². The molecule has 1 spiro atoms. The topological polar surface area (TPSA) is 21.3 Å². The third-order valence-electron chi connectivity index (χ3n) is 2.70. The Kier molecular flexibility index (Phi) is 1.46. The Hall–Kier alpha value is -0.0800. The molecule has 58 valence electrons. The number of nitrogens with one attached hydrogen (secondary N) is 1. The van der Waals surface area contributed by atoms with Crippen LogP contribution in [0.1, 0.15) is 19.8 Å². The number of hydrogen-bond donors (Lipinski definition) is 1. The third kappa shape index (κ3) is 0.956. The van der Waals surface area contributed by atoms with Crippen LogP contribution in [0.3, 0.4) is 0 Å². The van der Waals surface area contributed by atoms with E-state index in [4.69, 9.17) is 4.74 Å². The molecule has 1 atom stereocenters. The van der Waals surface area contributed by atoms with E-state index in [1.54, 1.807) is 0 Å². The zero-order chi connectivity index (χ0) is 7.03. The van der Waals surface area contributed by atoms with E-state index >= 15 is 0 Å². The Bertz CT molecular complexity index is 121. The highest BCUT2D eigenvalue weighted by molar-refractivity contribution is 4.97. The van der Waals surface area contributed by atoms with Crippen LogP contribution in [-0.4, -0.2) is 25.3 Å². The predicted molar refractivity (Wildman–Crippen MR) is 40.0 cm³/mol. The molecule has 0 aromatic heterocycles. The molecule has 2 rings (SSSR count). The molecular weight excluding hydrogens is 126 g/mol. The van der Waals surface area contributed by atoms with Gasteiger partial charge in [-0.25, -0.2) is 0 Å². The third-order valence-corrected chi connectivity index (χ3v) is 2.70. The van der Waals surface area contributed by atoms with Gasteiger partial charge in [-0.3, -0.25) is 0 Å². The molecule has 2 heterocycles. The average Bonchev–Trinajstić information content (AvgIpc) is 1.86. The van der Waals surface area contributed by atoms with Crippen molar-refractivity contribution in [3.63, 3.8) is 0 Å². The maximum Gasteiger partial charge on any atom is 0.0671 e. The molecular formula is C8H15NO. The van der Waals surface area contributed by atoms with Crippen LogP contribution in [0.15, 0.2) is 0 Å². The first-order valence-corrected chi connectivity index (χ1v) is 4.14. The van der Waals surface area contributed by atoms with Crippen LogP contribution in [0.5, 0.6) is 0 Å². The van der Waals surface area contributed by atoms with Crippen molar-refractivity contribution in [2.45, 2.75) is 25.3 Å². The van der Waals surface area contributed by atoms with Crippen LogP contribution >= 0.6 is 0 Å². The van der Waals surface area contributed by atoms with E-state index in [-0.39, 0.29) is 0 Å². The van der Waals surface area contributed by atoms with E-state index in [2.05, 4.69) is 12.2 Å². The zero-order valence-electron chi connectivity index (χ0n) is 6.52. The van der Waals surface area contributed by atoms with Crippen LogP contribution in [0.4, 0.5) is 0 Å². The molecule has 0 aromatic rings. The van der Waals surface area contributed by atoms with Crippen molar-refractivity contribution in [1.29, 1.82) is 0 Å². The van der Waals surface area contributed by atoms with Gasteiger partial charge in [0.15, 0.2) is 0 Å². The summed E-state index contributed by atoms with van der Waals surface area (Å²) in [7, 11) is 0. The maximum atomic E-state index is 5.19. The fourth-order valence-corrected chi connectivity index (χ4v) is 1.70. The standard InChI is InChI=1S/C8H15NO/c1-7-2-3-8(9-4-7)5-10-6-8/h7,9H,2-6H2,1H3. The summed E-state index contributed by atoms with van der Waals surface area (Å²) in [6, 6.07) is 0. The smallest absolute Gasteiger partial charge is 0.0671 e. The van der Waals surface area contributed by atoms with Gasteiger partial charge in [0.05, 0.1) is 18.8 Å². The average molecular weight is 141 g/mol. The van der Waals surface area contributed by atoms with Crippen LogP contribution in [0, 0.1) is 5.92 Å². The van der Waals surface area contributed by atoms with Crippen molar-refractivity contribution in [1.82, 2.24) is 5.32 Å². The summed E-state index contributed by atoms with van der Waals surface area (Å²) >= 11 is 0. The molecule has 0 bridgehead atoms. The maximum absolute atomic E-state index is 5.19. The number of ether oxygens (including phenoxy) is 1. The molecule has 2 aliphatic heterocycles. The van der Waals surface area contributed by atoms with Gasteiger partial charge in [-0.2, -0.15) is 0 Å². The van der Waals surface area contributed by atoms with Gasteiger partial charge in [0.25, 0.3) is 0 Å². The van der Waals surface area contributed by atoms with Gasteiger partial charge in [-0.15, -0.1) is 0 Å². The first-order valence-electron chi connectivity index (χ1n) is 4.14. The molecule has 0 aliphatic carbocycles. The number of piperidine rings is 1. The molecule has 0 saturated carbocycles. The van der Waals surface area contributed by atoms with E-state index in [0.29, 0.717) is 5.54 Å². The molecule has 2 heteroatoms. The van der Waals surface area contributed by atoms with Crippen molar-refractivity contribution in [3.8, 4) is 0 Å². The highest BCUT2D eigenvalue weighted by atomic mass is 16.5. The minimum Gasteiger partial charge on any atom is -0.377 e. The minimum atomic E-state index is 0.409. The lowest BCUT2D eigenvalue weighted by Crippen LogP contribution is -2.63. The second-order valence-electron chi connectivity index (χ2n) is 3.80. The fraction of sp³-hybridized carbons (Fsp3) is 1.00. The highest BCUT2D eigenvalue weighted by Gasteiger charge is 2.40. The minimum absolute atomic E-state index is 0.409. The summed E-state index contributed by atoms with van der Waals surface area (Å²) in [4.78, 5) is 0. The lowest BCUT2D eigenvalue weighted by Gasteiger charge is -2.46. The second kappa shape index (κ2) is 2.21. The summed E-state index contributed by atoms with van der Waals surface area (Å²) in [5.74, 6) is 0.867. The van der Waals surface area contributed by atoms with Crippen molar-refractivity contribution in [3.05, 3.63) is 0 Å². The summed E-state index contributed by atoms with van der Waals surface area (Å²) < 4.78 is 5.19. The number of rotatable bonds is 0. The van der Waals surface area contributed by atoms with Gasteiger partial charge in [0.1, 0.15) is 0 Å². The Morgan fingerprint density at radius 2 is 2.30 bits per heavy atom. The second-order valence-corrected chi connectivity index (χ2v) is 3.80. The van der Waals surface area contributed by atoms with Crippen LogP contribution in [0.2, 0.25) is 0 Å². The van der Waals surface area contributed by atoms with E-state index < -0.39 is 0 Å². The summed E-state index contributed by atoms with van der Waals surface area (Å²) in [5.41, 5.74) is 0.409. The van der Waals surface area contributed by atoms with Crippen LogP contribution in [-0.2, 0) is 4.74 Å². The SMILES string of the molecule is CC1CCC2(COC2)NC1. The van der Waals surface area contributed by atoms with Gasteiger partial charge in [-0.05, 0) is 25.3 Å². The Morgan fingerprint density at radius 1 is 1.50 bits per heavy atom. The largest absolute Gasteiger partial charge is 0.377 e. The lowest BCUT2D eigenvalue weighted by molar-refractivity contribution is -0.0906. The molecule has 1 N–H and O–H groups in total. The monoisotopic (exact) mass is 141 g/mol. The molecule has 2 saturated heterocycles. The van der Waals surface area contributed by atoms with Crippen LogP contribution in [0.25, 0.3) is 0 Å². The summed E-state index contributed by atoms with van der Waals surface area (Å²) in [5, 5.41) is 3.56. The van der Waals surface area contributed by atoms with Crippen molar-refractivity contribution >= 4 is 0 Å². The van der Waals surface area contributed by atoms with E-state index in [0.717, 1.165) is 19.1 Å². The molecule has 2 aliphatic rings. The van der Waals surface area contributed by atoms with Gasteiger partial charge < -0.3 is 10.1 Å². The molecule has 2 nitrogen and oxygen atoms in total. The van der Waals surface area contributed by atoms with Crippen molar-refractivity contribution in [2.75, 3.05) is 19.8 Å². The summed E-state index contributed by atoms with van der Waals surface area (Å²) in [6.07, 6.45) is 2.69. The van der Waals surface area contributed by atoms with E-state index in [9.17, 15) is 0 Å². The van der Waals surface area contributed by atoms with Crippen molar-refractivity contribution in [2.24, 2.45) is 5.92 Å². The Balaban J connectivity index is 1.90. The Labute approximate surface area is 61.9 Å². The zero-order valence-corrected chi connectivity index (χ0v) is 6.52. The molecule has 0 amide bonds. The lowest BCUT2D eigenvalue weighted by atomic mass is 9.83. The van der Waals surface area contributed by atoms with Gasteiger partial charge in [0.2, 0.25) is 0 Å². The molecule has 0 radical (unpaired) electrons. The Morgan fingerprint density at radius 3 is 2.70 bits per heavy atom. The van der Waals surface area contributed by atoms with Crippen molar-refractivity contribution < 1.29 is 4.74 Å². The fourth-order valence-electron chi connectivity index (χ4n) is 1.70. The molecule has 0 aromatic carbocycles. The highest BCUT2D eigenvalue weighted by Crippen LogP contribution is 2.28. The van der Waals surface area contributed by atoms with Gasteiger partial charge in [-0.1, -0.05) is 6.92 Å². The first-order chi connectivity index (χ1) is 4.81. The quantitative estimate of drug-likeness (QED) is 0.538. The van der Waals surface area contributed by atoms with Crippen LogP contribution < -0.4 is 5.32 Å². The number of hydrogen-bond acceptors (Lipinski definition) is 2. The predicted octanol–water partition coefficient (Wildman–Crippen LogP) is 0.775. The normalized spacial score (nSPS) is 37.5. The molecule has 2 fully saturated rings. The van der Waals surface area contributed by atoms with E-state index in [1.807, 2.05) is 0 Å². The van der Waals surface area contributed by atoms with E-state index in [1.165, 1.54) is 19.4 Å².